The molecule has 0 aromatic heterocycles. The second-order valence-electron chi connectivity index (χ2n) is 7.36. The average Bonchev–Trinajstić information content (AvgIpc) is 2.75. The van der Waals surface area contributed by atoms with Crippen LogP contribution in [0.5, 0.6) is 11.5 Å². The number of para-hydroxylation sites is 1. The highest BCUT2D eigenvalue weighted by molar-refractivity contribution is 5.85. The molecule has 8 heteroatoms. The van der Waals surface area contributed by atoms with Crippen molar-refractivity contribution in [3.8, 4) is 11.5 Å². The van der Waals surface area contributed by atoms with Crippen LogP contribution in [0.25, 0.3) is 0 Å². The molecule has 1 amide bonds. The van der Waals surface area contributed by atoms with Crippen molar-refractivity contribution in [2.75, 3.05) is 19.7 Å². The maximum Gasteiger partial charge on any atom is 0.309 e. The van der Waals surface area contributed by atoms with Crippen molar-refractivity contribution in [1.82, 2.24) is 10.4 Å². The third kappa shape index (κ3) is 7.54. The zero-order valence-corrected chi connectivity index (χ0v) is 18.5. The van der Waals surface area contributed by atoms with E-state index in [9.17, 15) is 9.59 Å². The Morgan fingerprint density at radius 3 is 2.45 bits per heavy atom. The summed E-state index contributed by atoms with van der Waals surface area (Å²) in [6.07, 6.45) is 1.72. The molecule has 0 aliphatic carbocycles. The lowest BCUT2D eigenvalue weighted by Crippen LogP contribution is -2.53. The van der Waals surface area contributed by atoms with Gasteiger partial charge in [-0.2, -0.15) is 0 Å². The Kier molecular flexibility index (Phi) is 9.78. The molecule has 3 N–H and O–H groups in total. The number of piperidine rings is 1. The summed E-state index contributed by atoms with van der Waals surface area (Å²) in [7, 11) is 0. The third-order valence-electron chi connectivity index (χ3n) is 5.05. The zero-order chi connectivity index (χ0) is 21.3. The van der Waals surface area contributed by atoms with Crippen molar-refractivity contribution in [3.05, 3.63) is 60.2 Å². The van der Waals surface area contributed by atoms with Gasteiger partial charge in [0, 0.05) is 13.1 Å². The number of nitrogens with one attached hydrogen (secondary N) is 1. The standard InChI is InChI=1S/C23H29N3O4.ClH/c1-2-29-23(28)18-11-13-26(14-12-18)25-22(27)21(24)16-17-7-6-10-20(15-17)30-19-8-4-3-5-9-19;/h3-10,15,18,21H,2,11-14,16,24H2,1H3,(H,25,27);1H. The molecule has 2 aromatic carbocycles. The molecule has 0 radical (unpaired) electrons. The first-order chi connectivity index (χ1) is 14.5. The summed E-state index contributed by atoms with van der Waals surface area (Å²) < 4.78 is 10.9. The second-order valence-corrected chi connectivity index (χ2v) is 7.36. The molecule has 1 heterocycles. The van der Waals surface area contributed by atoms with Gasteiger partial charge >= 0.3 is 5.97 Å². The number of hydrogen-bond acceptors (Lipinski definition) is 6. The second kappa shape index (κ2) is 12.3. The molecule has 0 saturated carbocycles. The van der Waals surface area contributed by atoms with Crippen LogP contribution in [-0.2, 0) is 20.7 Å². The molecular weight excluding hydrogens is 418 g/mol. The Bertz CT molecular complexity index is 842. The minimum Gasteiger partial charge on any atom is -0.466 e. The fourth-order valence-corrected chi connectivity index (χ4v) is 3.43. The Morgan fingerprint density at radius 1 is 1.10 bits per heavy atom. The highest BCUT2D eigenvalue weighted by Gasteiger charge is 2.27. The van der Waals surface area contributed by atoms with Crippen LogP contribution in [0.2, 0.25) is 0 Å². The molecule has 1 saturated heterocycles. The number of hydrazine groups is 1. The molecule has 0 spiro atoms. The van der Waals surface area contributed by atoms with E-state index in [1.54, 1.807) is 6.92 Å². The summed E-state index contributed by atoms with van der Waals surface area (Å²) in [5.41, 5.74) is 9.92. The van der Waals surface area contributed by atoms with Crippen molar-refractivity contribution in [3.63, 3.8) is 0 Å². The molecule has 3 rings (SSSR count). The zero-order valence-electron chi connectivity index (χ0n) is 17.7. The minimum atomic E-state index is -0.681. The monoisotopic (exact) mass is 447 g/mol. The number of nitrogens with zero attached hydrogens (tertiary/aromatic N) is 1. The van der Waals surface area contributed by atoms with Crippen LogP contribution in [0.15, 0.2) is 54.6 Å². The molecule has 7 nitrogen and oxygen atoms in total. The lowest BCUT2D eigenvalue weighted by atomic mass is 9.98. The van der Waals surface area contributed by atoms with E-state index in [2.05, 4.69) is 5.43 Å². The third-order valence-corrected chi connectivity index (χ3v) is 5.05. The van der Waals surface area contributed by atoms with Crippen LogP contribution >= 0.6 is 12.4 Å². The first-order valence-electron chi connectivity index (χ1n) is 10.3. The van der Waals surface area contributed by atoms with E-state index in [0.717, 1.165) is 11.3 Å². The summed E-state index contributed by atoms with van der Waals surface area (Å²) in [6.45, 7) is 3.39. The van der Waals surface area contributed by atoms with Crippen molar-refractivity contribution >= 4 is 24.3 Å². The van der Waals surface area contributed by atoms with Crippen LogP contribution in [0, 0.1) is 5.92 Å². The van der Waals surface area contributed by atoms with Crippen LogP contribution in [0.1, 0.15) is 25.3 Å². The normalized spacial score (nSPS) is 15.4. The number of carbonyl (C=O) groups is 2. The summed E-state index contributed by atoms with van der Waals surface area (Å²) in [5.74, 6) is 0.964. The number of benzene rings is 2. The van der Waals surface area contributed by atoms with E-state index in [4.69, 9.17) is 15.2 Å². The first-order valence-corrected chi connectivity index (χ1v) is 10.3. The number of halogens is 1. The molecular formula is C23H30ClN3O4. The van der Waals surface area contributed by atoms with E-state index in [1.165, 1.54) is 0 Å². The van der Waals surface area contributed by atoms with Crippen LogP contribution in [0.3, 0.4) is 0 Å². The molecule has 1 aliphatic heterocycles. The summed E-state index contributed by atoms with van der Waals surface area (Å²) >= 11 is 0. The van der Waals surface area contributed by atoms with Gasteiger partial charge in [0.15, 0.2) is 0 Å². The number of nitrogens with two attached hydrogens (primary N) is 1. The van der Waals surface area contributed by atoms with Gasteiger partial charge in [0.05, 0.1) is 18.6 Å². The number of rotatable bonds is 8. The Morgan fingerprint density at radius 2 is 1.77 bits per heavy atom. The molecule has 31 heavy (non-hydrogen) atoms. The van der Waals surface area contributed by atoms with Crippen molar-refractivity contribution in [2.24, 2.45) is 11.7 Å². The Hall–Kier alpha value is -2.61. The molecule has 1 atom stereocenters. The fraction of sp³-hybridized carbons (Fsp3) is 0.391. The SMILES string of the molecule is CCOC(=O)C1CCN(NC(=O)C(N)Cc2cccc(Oc3ccccc3)c2)CC1.Cl. The summed E-state index contributed by atoms with van der Waals surface area (Å²) in [6, 6.07) is 16.4. The summed E-state index contributed by atoms with van der Waals surface area (Å²) in [5, 5.41) is 1.83. The highest BCUT2D eigenvalue weighted by Crippen LogP contribution is 2.22. The minimum absolute atomic E-state index is 0. The molecule has 1 unspecified atom stereocenters. The van der Waals surface area contributed by atoms with Gasteiger partial charge in [0.1, 0.15) is 11.5 Å². The van der Waals surface area contributed by atoms with Crippen LogP contribution in [-0.4, -0.2) is 42.6 Å². The molecule has 2 aromatic rings. The van der Waals surface area contributed by atoms with E-state index in [-0.39, 0.29) is 30.2 Å². The maximum atomic E-state index is 12.5. The largest absolute Gasteiger partial charge is 0.466 e. The predicted octanol–water partition coefficient (Wildman–Crippen LogP) is 3.08. The highest BCUT2D eigenvalue weighted by atomic mass is 35.5. The number of esters is 1. The van der Waals surface area contributed by atoms with Gasteiger partial charge < -0.3 is 15.2 Å². The summed E-state index contributed by atoms with van der Waals surface area (Å²) in [4.78, 5) is 24.3. The maximum absolute atomic E-state index is 12.5. The van der Waals surface area contributed by atoms with Crippen molar-refractivity contribution in [2.45, 2.75) is 32.2 Å². The van der Waals surface area contributed by atoms with Gasteiger partial charge in [-0.3, -0.25) is 15.0 Å². The van der Waals surface area contributed by atoms with E-state index in [0.29, 0.717) is 44.7 Å². The fourth-order valence-electron chi connectivity index (χ4n) is 3.43. The van der Waals surface area contributed by atoms with Gasteiger partial charge in [0.25, 0.3) is 5.91 Å². The van der Waals surface area contributed by atoms with Crippen LogP contribution in [0.4, 0.5) is 0 Å². The number of carbonyl (C=O) groups excluding carboxylic acids is 2. The van der Waals surface area contributed by atoms with Gasteiger partial charge in [-0.1, -0.05) is 30.3 Å². The molecule has 1 aliphatic rings. The van der Waals surface area contributed by atoms with Gasteiger partial charge in [0.2, 0.25) is 0 Å². The van der Waals surface area contributed by atoms with Gasteiger partial charge in [-0.15, -0.1) is 12.4 Å². The predicted molar refractivity (Wildman–Crippen MR) is 121 cm³/mol. The molecule has 0 bridgehead atoms. The number of ether oxygens (including phenoxy) is 2. The van der Waals surface area contributed by atoms with Crippen molar-refractivity contribution in [1.29, 1.82) is 0 Å². The van der Waals surface area contributed by atoms with Gasteiger partial charge in [-0.05, 0) is 56.0 Å². The quantitative estimate of drug-likeness (QED) is 0.604. The van der Waals surface area contributed by atoms with E-state index in [1.807, 2.05) is 59.6 Å². The van der Waals surface area contributed by atoms with E-state index < -0.39 is 6.04 Å². The molecule has 168 valence electrons. The number of amides is 1. The lowest BCUT2D eigenvalue weighted by molar-refractivity contribution is -0.150. The molecule has 1 fully saturated rings. The number of hydrogen-bond donors (Lipinski definition) is 2. The average molecular weight is 448 g/mol. The van der Waals surface area contributed by atoms with Crippen LogP contribution < -0.4 is 15.9 Å². The first kappa shape index (κ1) is 24.7. The van der Waals surface area contributed by atoms with Gasteiger partial charge in [-0.25, -0.2) is 5.01 Å². The topological polar surface area (TPSA) is 93.9 Å². The smallest absolute Gasteiger partial charge is 0.309 e. The van der Waals surface area contributed by atoms with Crippen molar-refractivity contribution < 1.29 is 19.1 Å². The van der Waals surface area contributed by atoms with E-state index >= 15 is 0 Å². The Labute approximate surface area is 189 Å². The lowest BCUT2D eigenvalue weighted by Gasteiger charge is -2.31. The Balaban J connectivity index is 0.00000341.